The van der Waals surface area contributed by atoms with Crippen LogP contribution in [0.2, 0.25) is 5.02 Å². The average molecular weight is 562 g/mol. The third-order valence-corrected chi connectivity index (χ3v) is 7.85. The number of likely N-dealkylation sites (N-methyl/N-ethyl adjacent to an activating group) is 1. The highest BCUT2D eigenvalue weighted by Crippen LogP contribution is 2.33. The lowest BCUT2D eigenvalue weighted by molar-refractivity contribution is -0.139. The Bertz CT molecular complexity index is 1390. The van der Waals surface area contributed by atoms with Crippen LogP contribution in [0.3, 0.4) is 0 Å². The Morgan fingerprint density at radius 1 is 1.03 bits per heavy atom. The van der Waals surface area contributed by atoms with Gasteiger partial charge in [0.25, 0.3) is 10.0 Å². The van der Waals surface area contributed by atoms with Crippen molar-refractivity contribution >= 4 is 39.1 Å². The van der Waals surface area contributed by atoms with Crippen molar-refractivity contribution in [1.82, 2.24) is 10.2 Å². The quantitative estimate of drug-likeness (QED) is 0.378. The molecule has 11 heteroatoms. The van der Waals surface area contributed by atoms with Crippen molar-refractivity contribution in [2.45, 2.75) is 31.3 Å². The van der Waals surface area contributed by atoms with E-state index in [0.29, 0.717) is 5.02 Å². The summed E-state index contributed by atoms with van der Waals surface area (Å²) in [7, 11) is -2.88. The molecule has 0 unspecified atom stereocenters. The second-order valence-electron chi connectivity index (χ2n) is 8.27. The van der Waals surface area contributed by atoms with E-state index in [2.05, 4.69) is 5.32 Å². The lowest BCUT2D eigenvalue weighted by atomic mass is 10.1. The number of rotatable bonds is 11. The molecular formula is C27H29ClFN3O5S. The molecule has 1 N–H and O–H groups in total. The molecule has 0 aliphatic heterocycles. The fourth-order valence-electron chi connectivity index (χ4n) is 3.79. The zero-order valence-corrected chi connectivity index (χ0v) is 22.8. The zero-order chi connectivity index (χ0) is 27.9. The van der Waals surface area contributed by atoms with Crippen molar-refractivity contribution < 1.29 is 27.1 Å². The number of halogens is 2. The Kier molecular flexibility index (Phi) is 9.71. The summed E-state index contributed by atoms with van der Waals surface area (Å²) in [5.74, 6) is -1.51. The molecule has 2 amide bonds. The minimum Gasteiger partial charge on any atom is -0.492 e. The van der Waals surface area contributed by atoms with Crippen molar-refractivity contribution in [3.8, 4) is 5.75 Å². The Morgan fingerprint density at radius 3 is 2.29 bits per heavy atom. The summed E-state index contributed by atoms with van der Waals surface area (Å²) in [6, 6.07) is 16.8. The number of ether oxygens (including phenoxy) is 1. The molecule has 1 atom stereocenters. The van der Waals surface area contributed by atoms with Gasteiger partial charge >= 0.3 is 0 Å². The summed E-state index contributed by atoms with van der Waals surface area (Å²) in [5, 5.41) is 2.83. The Morgan fingerprint density at radius 2 is 1.66 bits per heavy atom. The lowest BCUT2D eigenvalue weighted by Gasteiger charge is -2.32. The van der Waals surface area contributed by atoms with Gasteiger partial charge in [-0.25, -0.2) is 12.8 Å². The summed E-state index contributed by atoms with van der Waals surface area (Å²) in [6.45, 7) is 2.57. The van der Waals surface area contributed by atoms with Crippen LogP contribution in [-0.2, 0) is 26.2 Å². The number of amides is 2. The van der Waals surface area contributed by atoms with Crippen LogP contribution >= 0.6 is 11.6 Å². The lowest BCUT2D eigenvalue weighted by Crippen LogP contribution is -2.50. The van der Waals surface area contributed by atoms with Crippen LogP contribution in [0.4, 0.5) is 10.1 Å². The molecular weight excluding hydrogens is 533 g/mol. The van der Waals surface area contributed by atoms with Crippen molar-refractivity contribution in [3.63, 3.8) is 0 Å². The molecule has 3 aromatic rings. The van der Waals surface area contributed by atoms with Gasteiger partial charge in [0, 0.05) is 24.2 Å². The highest BCUT2D eigenvalue weighted by Gasteiger charge is 2.33. The van der Waals surface area contributed by atoms with E-state index in [1.165, 1.54) is 62.5 Å². The standard InChI is InChI=1S/C27H29ClFN3O5S/c1-4-37-25-12-8-7-11-24(25)32(38(35,36)22-15-13-21(28)14-16-22)18-26(33)31(19(2)27(34)30-3)17-20-9-5-6-10-23(20)29/h5-16,19H,4,17-18H2,1-3H3,(H,30,34)/t19-/m0/s1. The molecule has 0 fully saturated rings. The maximum atomic E-state index is 14.5. The van der Waals surface area contributed by atoms with Gasteiger partial charge in [-0.05, 0) is 56.3 Å². The number of anilines is 1. The van der Waals surface area contributed by atoms with Gasteiger partial charge in [0.15, 0.2) is 0 Å². The molecule has 8 nitrogen and oxygen atoms in total. The molecule has 0 saturated carbocycles. The average Bonchev–Trinajstić information content (AvgIpc) is 2.91. The number of nitrogens with one attached hydrogen (secondary N) is 1. The second kappa shape index (κ2) is 12.7. The number of carbonyl (C=O) groups excluding carboxylic acids is 2. The van der Waals surface area contributed by atoms with Crippen LogP contribution in [0.25, 0.3) is 0 Å². The first-order valence-electron chi connectivity index (χ1n) is 11.8. The van der Waals surface area contributed by atoms with Crippen molar-refractivity contribution in [2.24, 2.45) is 0 Å². The van der Waals surface area contributed by atoms with Crippen LogP contribution in [-0.4, -0.2) is 51.4 Å². The topological polar surface area (TPSA) is 96.0 Å². The Labute approximate surface area is 227 Å². The molecule has 0 aromatic heterocycles. The maximum absolute atomic E-state index is 14.5. The third-order valence-electron chi connectivity index (χ3n) is 5.83. The van der Waals surface area contributed by atoms with E-state index in [-0.39, 0.29) is 35.0 Å². The zero-order valence-electron chi connectivity index (χ0n) is 21.2. The number of sulfonamides is 1. The van der Waals surface area contributed by atoms with Crippen LogP contribution < -0.4 is 14.4 Å². The van der Waals surface area contributed by atoms with Crippen LogP contribution in [0.15, 0.2) is 77.7 Å². The van der Waals surface area contributed by atoms with Gasteiger partial charge in [0.1, 0.15) is 24.2 Å². The fourth-order valence-corrected chi connectivity index (χ4v) is 5.34. The molecule has 3 rings (SSSR count). The van der Waals surface area contributed by atoms with Gasteiger partial charge in [-0.1, -0.05) is 41.9 Å². The molecule has 38 heavy (non-hydrogen) atoms. The SMILES string of the molecule is CCOc1ccccc1N(CC(=O)N(Cc1ccccc1F)[C@@H](C)C(=O)NC)S(=O)(=O)c1ccc(Cl)cc1. The van der Waals surface area contributed by atoms with Gasteiger partial charge < -0.3 is 15.0 Å². The molecule has 0 radical (unpaired) electrons. The van der Waals surface area contributed by atoms with E-state index in [0.717, 1.165) is 9.21 Å². The van der Waals surface area contributed by atoms with Gasteiger partial charge in [0.05, 0.1) is 17.2 Å². The molecule has 3 aromatic carbocycles. The second-order valence-corrected chi connectivity index (χ2v) is 10.6. The van der Waals surface area contributed by atoms with Gasteiger partial charge in [0.2, 0.25) is 11.8 Å². The predicted octanol–water partition coefficient (Wildman–Crippen LogP) is 4.24. The van der Waals surface area contributed by atoms with Crippen LogP contribution in [0.5, 0.6) is 5.75 Å². The number of nitrogens with zero attached hydrogens (tertiary/aromatic N) is 2. The predicted molar refractivity (Wildman–Crippen MR) is 144 cm³/mol. The van der Waals surface area contributed by atoms with Gasteiger partial charge in [-0.2, -0.15) is 0 Å². The van der Waals surface area contributed by atoms with E-state index in [9.17, 15) is 22.4 Å². The summed E-state index contributed by atoms with van der Waals surface area (Å²) < 4.78 is 48.8. The number of para-hydroxylation sites is 2. The van der Waals surface area contributed by atoms with Gasteiger partial charge in [-0.15, -0.1) is 0 Å². The first-order chi connectivity index (χ1) is 18.1. The smallest absolute Gasteiger partial charge is 0.264 e. The molecule has 0 heterocycles. The van der Waals surface area contributed by atoms with Crippen LogP contribution in [0.1, 0.15) is 19.4 Å². The molecule has 0 bridgehead atoms. The Hall–Kier alpha value is -3.63. The summed E-state index contributed by atoms with van der Waals surface area (Å²) in [4.78, 5) is 27.3. The monoisotopic (exact) mass is 561 g/mol. The van der Waals surface area contributed by atoms with Crippen molar-refractivity contribution in [1.29, 1.82) is 0 Å². The van der Waals surface area contributed by atoms with E-state index >= 15 is 0 Å². The maximum Gasteiger partial charge on any atom is 0.264 e. The number of benzene rings is 3. The number of hydrogen-bond acceptors (Lipinski definition) is 5. The first-order valence-corrected chi connectivity index (χ1v) is 13.7. The molecule has 0 saturated heterocycles. The van der Waals surface area contributed by atoms with Crippen molar-refractivity contribution in [3.05, 3.63) is 89.2 Å². The molecule has 0 spiro atoms. The van der Waals surface area contributed by atoms with E-state index in [1.54, 1.807) is 31.2 Å². The van der Waals surface area contributed by atoms with E-state index < -0.39 is 40.2 Å². The summed E-state index contributed by atoms with van der Waals surface area (Å²) in [6.07, 6.45) is 0. The number of carbonyl (C=O) groups is 2. The Balaban J connectivity index is 2.10. The third kappa shape index (κ3) is 6.62. The summed E-state index contributed by atoms with van der Waals surface area (Å²) >= 11 is 5.96. The normalized spacial score (nSPS) is 11.9. The highest BCUT2D eigenvalue weighted by molar-refractivity contribution is 7.92. The summed E-state index contributed by atoms with van der Waals surface area (Å²) in [5.41, 5.74) is 0.314. The fraction of sp³-hybridized carbons (Fsp3) is 0.259. The van der Waals surface area contributed by atoms with E-state index in [1.807, 2.05) is 0 Å². The molecule has 202 valence electrons. The van der Waals surface area contributed by atoms with Crippen molar-refractivity contribution in [2.75, 3.05) is 24.5 Å². The first kappa shape index (κ1) is 28.9. The molecule has 0 aliphatic rings. The number of hydrogen-bond donors (Lipinski definition) is 1. The minimum atomic E-state index is -4.30. The van der Waals surface area contributed by atoms with E-state index in [4.69, 9.17) is 16.3 Å². The highest BCUT2D eigenvalue weighted by atomic mass is 35.5. The molecule has 0 aliphatic carbocycles. The largest absolute Gasteiger partial charge is 0.492 e. The van der Waals surface area contributed by atoms with Gasteiger partial charge in [-0.3, -0.25) is 13.9 Å². The minimum absolute atomic E-state index is 0.0963. The van der Waals surface area contributed by atoms with Crippen LogP contribution in [0, 0.1) is 5.82 Å².